The van der Waals surface area contributed by atoms with Crippen molar-refractivity contribution in [1.82, 2.24) is 5.32 Å². The standard InChI is InChI=1S/C13H16ClNO3/c1-3-8(2)11(13(17)18)15-12(16)9-6-4-5-7-10(9)14/h4-8,11H,3H2,1-2H3,(H,15,16)(H,17,18)/t8-,11+/m1/s1. The van der Waals surface area contributed by atoms with Crippen LogP contribution in [0.2, 0.25) is 5.02 Å². The summed E-state index contributed by atoms with van der Waals surface area (Å²) in [6.45, 7) is 3.66. The molecule has 0 aromatic heterocycles. The summed E-state index contributed by atoms with van der Waals surface area (Å²) >= 11 is 5.89. The fraction of sp³-hybridized carbons (Fsp3) is 0.385. The molecule has 4 nitrogen and oxygen atoms in total. The number of benzene rings is 1. The molecule has 0 aliphatic heterocycles. The van der Waals surface area contributed by atoms with Crippen molar-refractivity contribution >= 4 is 23.5 Å². The predicted octanol–water partition coefficient (Wildman–Crippen LogP) is 2.57. The monoisotopic (exact) mass is 269 g/mol. The molecule has 1 aromatic rings. The van der Waals surface area contributed by atoms with Crippen LogP contribution in [0.1, 0.15) is 30.6 Å². The molecular weight excluding hydrogens is 254 g/mol. The fourth-order valence-electron chi connectivity index (χ4n) is 1.55. The lowest BCUT2D eigenvalue weighted by Crippen LogP contribution is -2.45. The highest BCUT2D eigenvalue weighted by molar-refractivity contribution is 6.33. The van der Waals surface area contributed by atoms with Crippen LogP contribution in [0.3, 0.4) is 0 Å². The number of nitrogens with one attached hydrogen (secondary N) is 1. The number of hydrogen-bond acceptors (Lipinski definition) is 2. The molecule has 1 amide bonds. The Labute approximate surface area is 111 Å². The minimum Gasteiger partial charge on any atom is -0.480 e. The van der Waals surface area contributed by atoms with Crippen LogP contribution in [0.5, 0.6) is 0 Å². The first-order valence-corrected chi connectivity index (χ1v) is 6.13. The van der Waals surface area contributed by atoms with E-state index in [9.17, 15) is 9.59 Å². The number of aliphatic carboxylic acids is 1. The SMILES string of the molecule is CC[C@@H](C)[C@H](NC(=O)c1ccccc1Cl)C(=O)O. The van der Waals surface area contributed by atoms with Crippen molar-refractivity contribution in [2.75, 3.05) is 0 Å². The Balaban J connectivity index is 2.86. The van der Waals surface area contributed by atoms with E-state index in [2.05, 4.69) is 5.32 Å². The second-order valence-electron chi connectivity index (χ2n) is 4.15. The summed E-state index contributed by atoms with van der Waals surface area (Å²) in [7, 11) is 0. The number of carbonyl (C=O) groups excluding carboxylic acids is 1. The van der Waals surface area contributed by atoms with E-state index in [4.69, 9.17) is 16.7 Å². The normalized spacial score (nSPS) is 13.7. The van der Waals surface area contributed by atoms with Gasteiger partial charge in [0.05, 0.1) is 10.6 Å². The van der Waals surface area contributed by atoms with E-state index in [1.165, 1.54) is 0 Å². The van der Waals surface area contributed by atoms with Crippen LogP contribution in [-0.4, -0.2) is 23.0 Å². The quantitative estimate of drug-likeness (QED) is 0.863. The van der Waals surface area contributed by atoms with Crippen molar-refractivity contribution in [2.24, 2.45) is 5.92 Å². The number of amides is 1. The van der Waals surface area contributed by atoms with Gasteiger partial charge >= 0.3 is 5.97 Å². The van der Waals surface area contributed by atoms with E-state index < -0.39 is 17.9 Å². The second-order valence-corrected chi connectivity index (χ2v) is 4.56. The van der Waals surface area contributed by atoms with Crippen LogP contribution in [0.4, 0.5) is 0 Å². The molecular formula is C13H16ClNO3. The molecule has 0 aliphatic rings. The van der Waals surface area contributed by atoms with Crippen LogP contribution < -0.4 is 5.32 Å². The highest BCUT2D eigenvalue weighted by atomic mass is 35.5. The molecule has 5 heteroatoms. The van der Waals surface area contributed by atoms with Crippen LogP contribution in [0, 0.1) is 5.92 Å². The minimum absolute atomic E-state index is 0.145. The van der Waals surface area contributed by atoms with Gasteiger partial charge in [-0.3, -0.25) is 4.79 Å². The van der Waals surface area contributed by atoms with Gasteiger partial charge < -0.3 is 10.4 Å². The van der Waals surface area contributed by atoms with Gasteiger partial charge in [-0.15, -0.1) is 0 Å². The smallest absolute Gasteiger partial charge is 0.326 e. The lowest BCUT2D eigenvalue weighted by molar-refractivity contribution is -0.140. The molecule has 0 radical (unpaired) electrons. The molecule has 0 heterocycles. The summed E-state index contributed by atoms with van der Waals surface area (Å²) in [6, 6.07) is 5.64. The average molecular weight is 270 g/mol. The van der Waals surface area contributed by atoms with E-state index in [0.717, 1.165) is 0 Å². The Morgan fingerprint density at radius 1 is 1.39 bits per heavy atom. The Bertz CT molecular complexity index is 448. The van der Waals surface area contributed by atoms with Crippen LogP contribution in [0.25, 0.3) is 0 Å². The second kappa shape index (κ2) is 6.40. The van der Waals surface area contributed by atoms with Gasteiger partial charge in [0.2, 0.25) is 0 Å². The van der Waals surface area contributed by atoms with E-state index in [0.29, 0.717) is 11.4 Å². The predicted molar refractivity (Wildman–Crippen MR) is 69.8 cm³/mol. The maximum absolute atomic E-state index is 11.9. The maximum Gasteiger partial charge on any atom is 0.326 e. The van der Waals surface area contributed by atoms with E-state index in [1.54, 1.807) is 31.2 Å². The molecule has 2 N–H and O–H groups in total. The summed E-state index contributed by atoms with van der Waals surface area (Å²) in [4.78, 5) is 23.0. The maximum atomic E-state index is 11.9. The first-order chi connectivity index (χ1) is 8.47. The van der Waals surface area contributed by atoms with Gasteiger partial charge in [0, 0.05) is 0 Å². The number of rotatable bonds is 5. The van der Waals surface area contributed by atoms with E-state index >= 15 is 0 Å². The molecule has 18 heavy (non-hydrogen) atoms. The van der Waals surface area contributed by atoms with Crippen LogP contribution in [0.15, 0.2) is 24.3 Å². The van der Waals surface area contributed by atoms with Crippen molar-refractivity contribution < 1.29 is 14.7 Å². The Morgan fingerprint density at radius 2 is 2.00 bits per heavy atom. The van der Waals surface area contributed by atoms with Gasteiger partial charge in [-0.05, 0) is 18.1 Å². The van der Waals surface area contributed by atoms with Crippen LogP contribution >= 0.6 is 11.6 Å². The molecule has 2 atom stereocenters. The van der Waals surface area contributed by atoms with Crippen LogP contribution in [-0.2, 0) is 4.79 Å². The van der Waals surface area contributed by atoms with Crippen molar-refractivity contribution in [1.29, 1.82) is 0 Å². The van der Waals surface area contributed by atoms with Crippen molar-refractivity contribution in [3.63, 3.8) is 0 Å². The molecule has 0 unspecified atom stereocenters. The van der Waals surface area contributed by atoms with Gasteiger partial charge in [0.25, 0.3) is 5.91 Å². The summed E-state index contributed by atoms with van der Waals surface area (Å²) in [6.07, 6.45) is 0.666. The number of carbonyl (C=O) groups is 2. The minimum atomic E-state index is -1.04. The number of halogens is 1. The molecule has 0 fully saturated rings. The van der Waals surface area contributed by atoms with E-state index in [1.807, 2.05) is 6.92 Å². The molecule has 0 saturated heterocycles. The number of carboxylic acid groups (broad SMARTS) is 1. The lowest BCUT2D eigenvalue weighted by atomic mass is 9.99. The summed E-state index contributed by atoms with van der Waals surface area (Å²) in [5, 5.41) is 11.9. The first-order valence-electron chi connectivity index (χ1n) is 5.75. The molecule has 0 saturated carbocycles. The Morgan fingerprint density at radius 3 is 2.50 bits per heavy atom. The third-order valence-corrected chi connectivity index (χ3v) is 3.21. The Kier molecular flexibility index (Phi) is 5.16. The zero-order valence-corrected chi connectivity index (χ0v) is 11.1. The number of carboxylic acids is 1. The van der Waals surface area contributed by atoms with Crippen molar-refractivity contribution in [2.45, 2.75) is 26.3 Å². The van der Waals surface area contributed by atoms with Gasteiger partial charge in [0.1, 0.15) is 6.04 Å². The largest absolute Gasteiger partial charge is 0.480 e. The first kappa shape index (κ1) is 14.5. The highest BCUT2D eigenvalue weighted by Crippen LogP contribution is 2.16. The fourth-order valence-corrected chi connectivity index (χ4v) is 1.77. The molecule has 0 spiro atoms. The zero-order valence-electron chi connectivity index (χ0n) is 10.3. The van der Waals surface area contributed by atoms with Crippen molar-refractivity contribution in [3.05, 3.63) is 34.9 Å². The molecule has 0 aliphatic carbocycles. The van der Waals surface area contributed by atoms with Gasteiger partial charge in [-0.1, -0.05) is 44.0 Å². The molecule has 1 rings (SSSR count). The molecule has 98 valence electrons. The lowest BCUT2D eigenvalue weighted by Gasteiger charge is -2.20. The Hall–Kier alpha value is -1.55. The summed E-state index contributed by atoms with van der Waals surface area (Å²) < 4.78 is 0. The summed E-state index contributed by atoms with van der Waals surface area (Å²) in [5.41, 5.74) is 0.286. The van der Waals surface area contributed by atoms with Gasteiger partial charge in [-0.25, -0.2) is 4.79 Å². The third-order valence-electron chi connectivity index (χ3n) is 2.88. The summed E-state index contributed by atoms with van der Waals surface area (Å²) in [5.74, 6) is -1.65. The van der Waals surface area contributed by atoms with Gasteiger partial charge in [0.15, 0.2) is 0 Å². The average Bonchev–Trinajstić information content (AvgIpc) is 2.35. The third kappa shape index (κ3) is 3.47. The topological polar surface area (TPSA) is 66.4 Å². The van der Waals surface area contributed by atoms with Gasteiger partial charge in [-0.2, -0.15) is 0 Å². The zero-order chi connectivity index (χ0) is 13.7. The number of hydrogen-bond donors (Lipinski definition) is 2. The highest BCUT2D eigenvalue weighted by Gasteiger charge is 2.26. The van der Waals surface area contributed by atoms with Crippen molar-refractivity contribution in [3.8, 4) is 0 Å². The molecule has 1 aromatic carbocycles. The molecule has 0 bridgehead atoms. The van der Waals surface area contributed by atoms with E-state index in [-0.39, 0.29) is 11.5 Å².